The monoisotopic (exact) mass is 291 g/mol. The number of primary amides is 1. The number of rotatable bonds is 9. The smallest absolute Gasteiger partial charge is 0.325 e. The zero-order valence-electron chi connectivity index (χ0n) is 12.9. The molecule has 0 aromatic heterocycles. The summed E-state index contributed by atoms with van der Waals surface area (Å²) >= 11 is 0. The first-order valence-corrected chi connectivity index (χ1v) is 7.53. The summed E-state index contributed by atoms with van der Waals surface area (Å²) < 4.78 is 4.87. The molecule has 0 aliphatic heterocycles. The fraction of sp³-hybridized carbons (Fsp3) is 0.529. The number of ether oxygens (including phenoxy) is 1. The molecular weight excluding hydrogens is 266 g/mol. The Morgan fingerprint density at radius 3 is 2.24 bits per heavy atom. The van der Waals surface area contributed by atoms with E-state index >= 15 is 0 Å². The number of carbonyl (C=O) groups excluding carboxylic acids is 2. The van der Waals surface area contributed by atoms with Gasteiger partial charge in [-0.2, -0.15) is 0 Å². The van der Waals surface area contributed by atoms with E-state index in [0.717, 1.165) is 32.1 Å². The number of amides is 1. The summed E-state index contributed by atoms with van der Waals surface area (Å²) in [4.78, 5) is 24.3. The lowest BCUT2D eigenvalue weighted by molar-refractivity contribution is -0.152. The zero-order chi connectivity index (χ0) is 15.7. The summed E-state index contributed by atoms with van der Waals surface area (Å²) in [6, 6.07) is 8.95. The maximum absolute atomic E-state index is 12.3. The molecule has 0 aliphatic rings. The van der Waals surface area contributed by atoms with Crippen molar-refractivity contribution >= 4 is 11.9 Å². The van der Waals surface area contributed by atoms with E-state index in [1.54, 1.807) is 24.3 Å². The molecular formula is C17H25NO3. The van der Waals surface area contributed by atoms with Gasteiger partial charge in [0, 0.05) is 0 Å². The fourth-order valence-electron chi connectivity index (χ4n) is 2.62. The number of carbonyl (C=O) groups is 2. The molecule has 0 fully saturated rings. The molecule has 1 aromatic rings. The number of benzene rings is 1. The van der Waals surface area contributed by atoms with Crippen LogP contribution in [0.25, 0.3) is 0 Å². The molecule has 0 saturated carbocycles. The van der Waals surface area contributed by atoms with E-state index in [9.17, 15) is 9.59 Å². The van der Waals surface area contributed by atoms with Crippen molar-refractivity contribution in [1.29, 1.82) is 0 Å². The third-order valence-electron chi connectivity index (χ3n) is 3.88. The molecule has 21 heavy (non-hydrogen) atoms. The van der Waals surface area contributed by atoms with Crippen LogP contribution in [0.2, 0.25) is 0 Å². The summed E-state index contributed by atoms with van der Waals surface area (Å²) in [6.07, 6.45) is 5.55. The van der Waals surface area contributed by atoms with E-state index in [2.05, 4.69) is 6.92 Å². The van der Waals surface area contributed by atoms with Crippen LogP contribution >= 0.6 is 0 Å². The maximum atomic E-state index is 12.3. The van der Waals surface area contributed by atoms with E-state index in [4.69, 9.17) is 10.5 Å². The highest BCUT2D eigenvalue weighted by Crippen LogP contribution is 2.32. The first kappa shape index (κ1) is 17.2. The first-order valence-electron chi connectivity index (χ1n) is 7.53. The standard InChI is InChI=1S/C17H25NO3/c1-3-4-5-6-10-13-17(15(18)19,16(20)21-2)14-11-8-7-9-12-14/h7-9,11-12H,3-6,10,13H2,1-2H3,(H2,18,19). The maximum Gasteiger partial charge on any atom is 0.325 e. The average molecular weight is 291 g/mol. The van der Waals surface area contributed by atoms with Gasteiger partial charge in [0.15, 0.2) is 5.41 Å². The Kier molecular flexibility index (Phi) is 6.92. The second-order valence-electron chi connectivity index (χ2n) is 5.29. The van der Waals surface area contributed by atoms with Gasteiger partial charge in [-0.15, -0.1) is 0 Å². The highest BCUT2D eigenvalue weighted by Gasteiger charge is 2.46. The topological polar surface area (TPSA) is 69.4 Å². The molecule has 116 valence electrons. The van der Waals surface area contributed by atoms with Crippen molar-refractivity contribution < 1.29 is 14.3 Å². The molecule has 1 aromatic carbocycles. The molecule has 4 nitrogen and oxygen atoms in total. The lowest BCUT2D eigenvalue weighted by Gasteiger charge is -2.28. The summed E-state index contributed by atoms with van der Waals surface area (Å²) in [6.45, 7) is 2.14. The molecule has 0 bridgehead atoms. The van der Waals surface area contributed by atoms with E-state index in [1.165, 1.54) is 7.11 Å². The highest BCUT2D eigenvalue weighted by molar-refractivity contribution is 6.08. The number of methoxy groups -OCH3 is 1. The minimum absolute atomic E-state index is 0.392. The molecule has 1 rings (SSSR count). The molecule has 2 N–H and O–H groups in total. The van der Waals surface area contributed by atoms with Crippen molar-refractivity contribution in [3.05, 3.63) is 35.9 Å². The Morgan fingerprint density at radius 2 is 1.71 bits per heavy atom. The second-order valence-corrected chi connectivity index (χ2v) is 5.29. The Bertz CT molecular complexity index is 458. The summed E-state index contributed by atoms with van der Waals surface area (Å²) in [5, 5.41) is 0. The van der Waals surface area contributed by atoms with Crippen LogP contribution in [0.5, 0.6) is 0 Å². The van der Waals surface area contributed by atoms with Gasteiger partial charge in [0.1, 0.15) is 0 Å². The lowest BCUT2D eigenvalue weighted by atomic mass is 9.75. The van der Waals surface area contributed by atoms with Gasteiger partial charge in [0.2, 0.25) is 5.91 Å². The zero-order valence-corrected chi connectivity index (χ0v) is 12.9. The summed E-state index contributed by atoms with van der Waals surface area (Å²) in [7, 11) is 1.29. The number of hydrogen-bond acceptors (Lipinski definition) is 3. The minimum Gasteiger partial charge on any atom is -0.468 e. The second kappa shape index (κ2) is 8.45. The molecule has 0 saturated heterocycles. The van der Waals surface area contributed by atoms with Gasteiger partial charge < -0.3 is 10.5 Å². The third-order valence-corrected chi connectivity index (χ3v) is 3.88. The lowest BCUT2D eigenvalue weighted by Crippen LogP contribution is -2.48. The number of esters is 1. The van der Waals surface area contributed by atoms with Gasteiger partial charge in [0.25, 0.3) is 0 Å². The van der Waals surface area contributed by atoms with Crippen molar-refractivity contribution in [1.82, 2.24) is 0 Å². The Labute approximate surface area is 126 Å². The SMILES string of the molecule is CCCCCCCC(C(N)=O)(C(=O)OC)c1ccccc1. The van der Waals surface area contributed by atoms with Gasteiger partial charge in [-0.05, 0) is 12.0 Å². The van der Waals surface area contributed by atoms with Crippen molar-refractivity contribution in [3.63, 3.8) is 0 Å². The van der Waals surface area contributed by atoms with Crippen LogP contribution in [0.1, 0.15) is 51.0 Å². The summed E-state index contributed by atoms with van der Waals surface area (Å²) in [5.74, 6) is -1.22. The van der Waals surface area contributed by atoms with E-state index in [1.807, 2.05) is 6.07 Å². The quantitative estimate of drug-likeness (QED) is 0.432. The van der Waals surface area contributed by atoms with Gasteiger partial charge in [-0.3, -0.25) is 9.59 Å². The molecule has 1 unspecified atom stereocenters. The average Bonchev–Trinajstić information content (AvgIpc) is 2.51. The molecule has 0 heterocycles. The van der Waals surface area contributed by atoms with Crippen molar-refractivity contribution in [3.8, 4) is 0 Å². The third kappa shape index (κ3) is 4.06. The van der Waals surface area contributed by atoms with Crippen LogP contribution in [0.3, 0.4) is 0 Å². The Hall–Kier alpha value is -1.84. The van der Waals surface area contributed by atoms with E-state index in [-0.39, 0.29) is 0 Å². The molecule has 1 atom stereocenters. The van der Waals surface area contributed by atoms with Crippen LogP contribution in [0.4, 0.5) is 0 Å². The van der Waals surface area contributed by atoms with Crippen LogP contribution < -0.4 is 5.73 Å². The molecule has 1 amide bonds. The summed E-state index contributed by atoms with van der Waals surface area (Å²) in [5.41, 5.74) is 4.82. The highest BCUT2D eigenvalue weighted by atomic mass is 16.5. The van der Waals surface area contributed by atoms with Crippen LogP contribution in [-0.4, -0.2) is 19.0 Å². The van der Waals surface area contributed by atoms with Crippen molar-refractivity contribution in [2.24, 2.45) is 5.73 Å². The fourth-order valence-corrected chi connectivity index (χ4v) is 2.62. The molecule has 0 aliphatic carbocycles. The predicted molar refractivity (Wildman–Crippen MR) is 82.7 cm³/mol. The predicted octanol–water partition coefficient (Wildman–Crippen LogP) is 2.94. The number of nitrogens with two attached hydrogens (primary N) is 1. The van der Waals surface area contributed by atoms with Gasteiger partial charge in [-0.25, -0.2) is 0 Å². The molecule has 0 radical (unpaired) electrons. The number of hydrogen-bond donors (Lipinski definition) is 1. The van der Waals surface area contributed by atoms with E-state index < -0.39 is 17.3 Å². The van der Waals surface area contributed by atoms with Crippen LogP contribution in [-0.2, 0) is 19.7 Å². The molecule has 4 heteroatoms. The van der Waals surface area contributed by atoms with E-state index in [0.29, 0.717) is 12.0 Å². The largest absolute Gasteiger partial charge is 0.468 e. The number of unbranched alkanes of at least 4 members (excludes halogenated alkanes) is 4. The van der Waals surface area contributed by atoms with Gasteiger partial charge in [0.05, 0.1) is 7.11 Å². The Morgan fingerprint density at radius 1 is 1.10 bits per heavy atom. The van der Waals surface area contributed by atoms with Crippen molar-refractivity contribution in [2.45, 2.75) is 50.9 Å². The van der Waals surface area contributed by atoms with Crippen LogP contribution in [0.15, 0.2) is 30.3 Å². The minimum atomic E-state index is -1.37. The van der Waals surface area contributed by atoms with Gasteiger partial charge >= 0.3 is 5.97 Å². The van der Waals surface area contributed by atoms with Crippen LogP contribution in [0, 0.1) is 0 Å². The molecule has 0 spiro atoms. The first-order chi connectivity index (χ1) is 10.1. The normalized spacial score (nSPS) is 13.4. The van der Waals surface area contributed by atoms with Gasteiger partial charge in [-0.1, -0.05) is 69.4 Å². The van der Waals surface area contributed by atoms with Crippen molar-refractivity contribution in [2.75, 3.05) is 7.11 Å². The Balaban J connectivity index is 2.98.